The summed E-state index contributed by atoms with van der Waals surface area (Å²) >= 11 is 0. The highest BCUT2D eigenvalue weighted by Gasteiger charge is 2.21. The minimum atomic E-state index is -0.0339. The number of rotatable bonds is 6. The van der Waals surface area contributed by atoms with Gasteiger partial charge in [0.2, 0.25) is 0 Å². The van der Waals surface area contributed by atoms with Crippen LogP contribution in [0.15, 0.2) is 0 Å². The molecule has 14 heavy (non-hydrogen) atoms. The van der Waals surface area contributed by atoms with E-state index in [1.165, 1.54) is 25.7 Å². The van der Waals surface area contributed by atoms with Gasteiger partial charge in [0, 0.05) is 19.7 Å². The molecule has 1 N–H and O–H groups in total. The summed E-state index contributed by atoms with van der Waals surface area (Å²) in [6.45, 7) is 7.47. The topological polar surface area (TPSA) is 21.3 Å². The lowest BCUT2D eigenvalue weighted by Gasteiger charge is -2.31. The third kappa shape index (κ3) is 3.97. The zero-order valence-electron chi connectivity index (χ0n) is 10.1. The molecule has 0 bridgehead atoms. The van der Waals surface area contributed by atoms with Crippen LogP contribution in [0, 0.1) is 5.92 Å². The van der Waals surface area contributed by atoms with Crippen molar-refractivity contribution in [2.45, 2.75) is 58.1 Å². The van der Waals surface area contributed by atoms with Gasteiger partial charge in [0.15, 0.2) is 0 Å². The predicted octanol–water partition coefficient (Wildman–Crippen LogP) is 2.58. The van der Waals surface area contributed by atoms with Crippen LogP contribution in [0.3, 0.4) is 0 Å². The largest absolute Gasteiger partial charge is 0.377 e. The van der Waals surface area contributed by atoms with E-state index in [0.717, 1.165) is 12.5 Å². The average molecular weight is 199 g/mol. The van der Waals surface area contributed by atoms with Gasteiger partial charge in [0.05, 0.1) is 5.60 Å². The molecule has 0 spiro atoms. The lowest BCUT2D eigenvalue weighted by Crippen LogP contribution is -2.41. The zero-order valence-corrected chi connectivity index (χ0v) is 10.1. The van der Waals surface area contributed by atoms with Crippen LogP contribution >= 0.6 is 0 Å². The van der Waals surface area contributed by atoms with E-state index < -0.39 is 0 Å². The molecule has 1 aliphatic rings. The Hall–Kier alpha value is -0.0800. The number of hydrogen-bond acceptors (Lipinski definition) is 2. The smallest absolute Gasteiger partial charge is 0.0746 e. The molecule has 1 rings (SSSR count). The minimum Gasteiger partial charge on any atom is -0.377 e. The Bertz CT molecular complexity index is 164. The van der Waals surface area contributed by atoms with E-state index in [9.17, 15) is 0 Å². The normalized spacial score (nSPS) is 20.6. The third-order valence-electron chi connectivity index (χ3n) is 3.34. The van der Waals surface area contributed by atoms with Crippen molar-refractivity contribution in [3.8, 4) is 0 Å². The molecule has 2 nitrogen and oxygen atoms in total. The van der Waals surface area contributed by atoms with E-state index in [1.807, 2.05) is 0 Å². The van der Waals surface area contributed by atoms with E-state index >= 15 is 0 Å². The van der Waals surface area contributed by atoms with Gasteiger partial charge in [-0.3, -0.25) is 0 Å². The summed E-state index contributed by atoms with van der Waals surface area (Å²) in [6, 6.07) is 0.634. The van der Waals surface area contributed by atoms with E-state index in [-0.39, 0.29) is 5.60 Å². The first-order chi connectivity index (χ1) is 6.53. The maximum absolute atomic E-state index is 5.37. The van der Waals surface area contributed by atoms with Crippen LogP contribution in [-0.4, -0.2) is 25.3 Å². The number of nitrogens with one attached hydrogen (secondary N) is 1. The van der Waals surface area contributed by atoms with Crippen molar-refractivity contribution in [3.05, 3.63) is 0 Å². The van der Waals surface area contributed by atoms with Gasteiger partial charge in [-0.2, -0.15) is 0 Å². The molecule has 0 heterocycles. The Labute approximate surface area is 88.4 Å². The average Bonchev–Trinajstić information content (AvgIpc) is 2.08. The van der Waals surface area contributed by atoms with Crippen LogP contribution < -0.4 is 5.32 Å². The summed E-state index contributed by atoms with van der Waals surface area (Å²) < 4.78 is 5.37. The lowest BCUT2D eigenvalue weighted by molar-refractivity contribution is 0.0205. The van der Waals surface area contributed by atoms with Gasteiger partial charge in [0.1, 0.15) is 0 Å². The first kappa shape index (κ1) is 12.0. The quantitative estimate of drug-likeness (QED) is 0.710. The highest BCUT2D eigenvalue weighted by atomic mass is 16.5. The van der Waals surface area contributed by atoms with Gasteiger partial charge in [-0.15, -0.1) is 0 Å². The molecule has 0 radical (unpaired) electrons. The molecular weight excluding hydrogens is 174 g/mol. The van der Waals surface area contributed by atoms with Crippen molar-refractivity contribution in [3.63, 3.8) is 0 Å². The molecule has 0 amide bonds. The van der Waals surface area contributed by atoms with Crippen molar-refractivity contribution in [1.29, 1.82) is 0 Å². The fraction of sp³-hybridized carbons (Fsp3) is 1.00. The van der Waals surface area contributed by atoms with Gasteiger partial charge in [-0.1, -0.05) is 19.3 Å². The Kier molecular flexibility index (Phi) is 4.39. The summed E-state index contributed by atoms with van der Waals surface area (Å²) in [7, 11) is 1.78. The van der Waals surface area contributed by atoms with Gasteiger partial charge in [0.25, 0.3) is 0 Å². The second-order valence-corrected chi connectivity index (χ2v) is 5.28. The molecule has 2 heteroatoms. The van der Waals surface area contributed by atoms with Gasteiger partial charge in [-0.25, -0.2) is 0 Å². The molecule has 84 valence electrons. The zero-order chi connectivity index (χ0) is 10.6. The Morgan fingerprint density at radius 1 is 1.43 bits per heavy atom. The molecule has 1 atom stereocenters. The summed E-state index contributed by atoms with van der Waals surface area (Å²) in [5, 5.41) is 3.55. The van der Waals surface area contributed by atoms with Crippen LogP contribution in [-0.2, 0) is 4.74 Å². The van der Waals surface area contributed by atoms with E-state index in [0.29, 0.717) is 6.04 Å². The maximum atomic E-state index is 5.37. The molecule has 1 aliphatic carbocycles. The van der Waals surface area contributed by atoms with Crippen LogP contribution in [0.1, 0.15) is 46.5 Å². The van der Waals surface area contributed by atoms with Crippen molar-refractivity contribution in [2.75, 3.05) is 13.7 Å². The Morgan fingerprint density at radius 3 is 2.50 bits per heavy atom. The predicted molar refractivity (Wildman–Crippen MR) is 60.5 cm³/mol. The fourth-order valence-electron chi connectivity index (χ4n) is 1.80. The van der Waals surface area contributed by atoms with Crippen molar-refractivity contribution in [2.24, 2.45) is 5.92 Å². The molecule has 1 saturated carbocycles. The van der Waals surface area contributed by atoms with Crippen LogP contribution in [0.5, 0.6) is 0 Å². The van der Waals surface area contributed by atoms with Crippen molar-refractivity contribution < 1.29 is 4.74 Å². The molecule has 0 aromatic rings. The first-order valence-electron chi connectivity index (χ1n) is 5.82. The van der Waals surface area contributed by atoms with Crippen molar-refractivity contribution in [1.82, 2.24) is 5.32 Å². The third-order valence-corrected chi connectivity index (χ3v) is 3.34. The highest BCUT2D eigenvalue weighted by molar-refractivity contribution is 4.78. The van der Waals surface area contributed by atoms with E-state index in [1.54, 1.807) is 7.11 Å². The molecule has 0 aromatic carbocycles. The lowest BCUT2D eigenvalue weighted by atomic mass is 9.81. The number of ether oxygens (including phenoxy) is 1. The van der Waals surface area contributed by atoms with Gasteiger partial charge >= 0.3 is 0 Å². The summed E-state index contributed by atoms with van der Waals surface area (Å²) in [5.74, 6) is 0.989. The van der Waals surface area contributed by atoms with Gasteiger partial charge < -0.3 is 10.1 Å². The molecule has 0 aliphatic heterocycles. The molecule has 0 aromatic heterocycles. The van der Waals surface area contributed by atoms with Gasteiger partial charge in [-0.05, 0) is 33.1 Å². The summed E-state index contributed by atoms with van der Waals surface area (Å²) in [5.41, 5.74) is -0.0339. The summed E-state index contributed by atoms with van der Waals surface area (Å²) in [4.78, 5) is 0. The second-order valence-electron chi connectivity index (χ2n) is 5.28. The fourth-order valence-corrected chi connectivity index (χ4v) is 1.80. The molecule has 1 fully saturated rings. The van der Waals surface area contributed by atoms with Crippen LogP contribution in [0.2, 0.25) is 0 Å². The molecule has 1 unspecified atom stereocenters. The van der Waals surface area contributed by atoms with Crippen LogP contribution in [0.25, 0.3) is 0 Å². The Morgan fingerprint density at radius 2 is 2.07 bits per heavy atom. The summed E-state index contributed by atoms with van der Waals surface area (Å²) in [6.07, 6.45) is 5.67. The van der Waals surface area contributed by atoms with E-state index in [2.05, 4.69) is 26.1 Å². The standard InChI is InChI=1S/C12H25NO/c1-10(8-11-6-5-7-11)13-9-12(2,3)14-4/h10-11,13H,5-9H2,1-4H3. The number of methoxy groups -OCH3 is 1. The van der Waals surface area contributed by atoms with Crippen LogP contribution in [0.4, 0.5) is 0 Å². The Balaban J connectivity index is 2.10. The molecule has 0 saturated heterocycles. The second kappa shape index (κ2) is 5.13. The minimum absolute atomic E-state index is 0.0339. The number of hydrogen-bond donors (Lipinski definition) is 1. The SMILES string of the molecule is COC(C)(C)CNC(C)CC1CCC1. The highest BCUT2D eigenvalue weighted by Crippen LogP contribution is 2.30. The van der Waals surface area contributed by atoms with E-state index in [4.69, 9.17) is 4.74 Å². The first-order valence-corrected chi connectivity index (χ1v) is 5.82. The molecular formula is C12H25NO. The van der Waals surface area contributed by atoms with Crippen molar-refractivity contribution >= 4 is 0 Å². The monoisotopic (exact) mass is 199 g/mol. The maximum Gasteiger partial charge on any atom is 0.0746 e.